The van der Waals surface area contributed by atoms with E-state index in [1.165, 1.54) is 12.1 Å². The van der Waals surface area contributed by atoms with Gasteiger partial charge >= 0.3 is 5.97 Å². The van der Waals surface area contributed by atoms with Crippen LogP contribution in [0.2, 0.25) is 0 Å². The van der Waals surface area contributed by atoms with E-state index in [1.807, 2.05) is 0 Å². The van der Waals surface area contributed by atoms with Crippen molar-refractivity contribution in [1.29, 1.82) is 0 Å². The Morgan fingerprint density at radius 2 is 1.80 bits per heavy atom. The molecular weight excluding hydrogens is 258 g/mol. The summed E-state index contributed by atoms with van der Waals surface area (Å²) < 4.78 is 0. The Kier molecular flexibility index (Phi) is 4.61. The number of aliphatic carboxylic acids is 1. The van der Waals surface area contributed by atoms with E-state index < -0.39 is 11.9 Å². The van der Waals surface area contributed by atoms with E-state index in [0.29, 0.717) is 6.42 Å². The van der Waals surface area contributed by atoms with Gasteiger partial charge in [-0.15, -0.1) is 0 Å². The van der Waals surface area contributed by atoms with Crippen LogP contribution in [0, 0.1) is 5.92 Å². The molecule has 1 aromatic carbocycles. The molecule has 0 aromatic heterocycles. The van der Waals surface area contributed by atoms with E-state index in [0.717, 1.165) is 24.8 Å². The maximum absolute atomic E-state index is 12.0. The summed E-state index contributed by atoms with van der Waals surface area (Å²) in [5.74, 6) is -1.33. The van der Waals surface area contributed by atoms with Crippen molar-refractivity contribution in [2.24, 2.45) is 5.92 Å². The molecule has 0 bridgehead atoms. The molecule has 2 atom stereocenters. The lowest BCUT2D eigenvalue weighted by atomic mass is 9.84. The molecule has 1 aliphatic rings. The number of hydrogen-bond donors (Lipinski definition) is 3. The van der Waals surface area contributed by atoms with Crippen LogP contribution in [0.3, 0.4) is 0 Å². The van der Waals surface area contributed by atoms with Crippen LogP contribution in [0.4, 0.5) is 0 Å². The second kappa shape index (κ2) is 6.41. The lowest BCUT2D eigenvalue weighted by Gasteiger charge is -2.29. The minimum absolute atomic E-state index is 0.160. The molecule has 1 aromatic rings. The van der Waals surface area contributed by atoms with Gasteiger partial charge in [0, 0.05) is 6.04 Å². The third-order valence-corrected chi connectivity index (χ3v) is 3.73. The fourth-order valence-electron chi connectivity index (χ4n) is 2.66. The van der Waals surface area contributed by atoms with Gasteiger partial charge in [-0.2, -0.15) is 0 Å². The van der Waals surface area contributed by atoms with Crippen molar-refractivity contribution in [3.63, 3.8) is 0 Å². The number of nitrogens with one attached hydrogen (secondary N) is 1. The van der Waals surface area contributed by atoms with Crippen LogP contribution in [0.15, 0.2) is 24.3 Å². The molecule has 108 valence electrons. The van der Waals surface area contributed by atoms with Crippen molar-refractivity contribution < 1.29 is 19.8 Å². The molecular formula is C15H19NO4. The smallest absolute Gasteiger partial charge is 0.308 e. The standard InChI is InChI=1S/C15H19NO4/c17-11-7-5-10(6-8-11)9-14(18)16-13-4-2-1-3-12(13)15(19)20/h5-8,12-13,17H,1-4,9H2,(H,16,18)(H,19,20). The van der Waals surface area contributed by atoms with Crippen LogP contribution in [0.25, 0.3) is 0 Å². The molecule has 0 saturated heterocycles. The highest BCUT2D eigenvalue weighted by molar-refractivity contribution is 5.80. The summed E-state index contributed by atoms with van der Waals surface area (Å²) >= 11 is 0. The lowest BCUT2D eigenvalue weighted by Crippen LogP contribution is -2.45. The number of hydrogen-bond acceptors (Lipinski definition) is 3. The number of rotatable bonds is 4. The largest absolute Gasteiger partial charge is 0.508 e. The topological polar surface area (TPSA) is 86.6 Å². The summed E-state index contributed by atoms with van der Waals surface area (Å²) in [5, 5.41) is 21.2. The second-order valence-electron chi connectivity index (χ2n) is 5.25. The Bertz CT molecular complexity index is 483. The summed E-state index contributed by atoms with van der Waals surface area (Å²) in [5.41, 5.74) is 0.794. The van der Waals surface area contributed by atoms with E-state index in [4.69, 9.17) is 5.11 Å². The Morgan fingerprint density at radius 1 is 1.15 bits per heavy atom. The number of carboxylic acid groups (broad SMARTS) is 1. The summed E-state index contributed by atoms with van der Waals surface area (Å²) in [4.78, 5) is 23.1. The minimum atomic E-state index is -0.834. The average molecular weight is 277 g/mol. The summed E-state index contributed by atoms with van der Waals surface area (Å²) in [6.07, 6.45) is 3.40. The van der Waals surface area contributed by atoms with Gasteiger partial charge in [-0.25, -0.2) is 0 Å². The normalized spacial score (nSPS) is 22.2. The molecule has 0 aliphatic heterocycles. The minimum Gasteiger partial charge on any atom is -0.508 e. The Balaban J connectivity index is 1.92. The van der Waals surface area contributed by atoms with Gasteiger partial charge in [0.05, 0.1) is 12.3 Å². The fraction of sp³-hybridized carbons (Fsp3) is 0.467. The second-order valence-corrected chi connectivity index (χ2v) is 5.25. The third-order valence-electron chi connectivity index (χ3n) is 3.73. The zero-order chi connectivity index (χ0) is 14.5. The number of benzene rings is 1. The average Bonchev–Trinajstić information content (AvgIpc) is 2.41. The number of aromatic hydroxyl groups is 1. The Morgan fingerprint density at radius 3 is 2.45 bits per heavy atom. The number of phenolic OH excluding ortho intramolecular Hbond substituents is 1. The molecule has 5 nitrogen and oxygen atoms in total. The predicted molar refractivity (Wildman–Crippen MR) is 73.3 cm³/mol. The third kappa shape index (κ3) is 3.73. The zero-order valence-electron chi connectivity index (χ0n) is 11.2. The summed E-state index contributed by atoms with van der Waals surface area (Å²) in [6, 6.07) is 6.16. The van der Waals surface area contributed by atoms with Crippen molar-refractivity contribution in [2.75, 3.05) is 0 Å². The maximum Gasteiger partial charge on any atom is 0.308 e. The van der Waals surface area contributed by atoms with Crippen LogP contribution >= 0.6 is 0 Å². The van der Waals surface area contributed by atoms with Gasteiger partial charge in [-0.1, -0.05) is 25.0 Å². The molecule has 1 amide bonds. The number of carboxylic acids is 1. The van der Waals surface area contributed by atoms with E-state index >= 15 is 0 Å². The van der Waals surface area contributed by atoms with Crippen LogP contribution < -0.4 is 5.32 Å². The molecule has 20 heavy (non-hydrogen) atoms. The molecule has 1 fully saturated rings. The Hall–Kier alpha value is -2.04. The maximum atomic E-state index is 12.0. The van der Waals surface area contributed by atoms with Crippen molar-refractivity contribution >= 4 is 11.9 Å². The van der Waals surface area contributed by atoms with E-state index in [2.05, 4.69) is 5.32 Å². The molecule has 2 rings (SSSR count). The number of phenols is 1. The van der Waals surface area contributed by atoms with Crippen LogP contribution in [0.1, 0.15) is 31.2 Å². The SMILES string of the molecule is O=C(Cc1ccc(O)cc1)NC1CCCCC1C(=O)O. The molecule has 0 spiro atoms. The van der Waals surface area contributed by atoms with Gasteiger partial charge in [0.15, 0.2) is 0 Å². The van der Waals surface area contributed by atoms with Gasteiger partial charge in [0.25, 0.3) is 0 Å². The van der Waals surface area contributed by atoms with Crippen molar-refractivity contribution in [2.45, 2.75) is 38.1 Å². The molecule has 2 unspecified atom stereocenters. The highest BCUT2D eigenvalue weighted by Gasteiger charge is 2.31. The molecule has 1 aliphatic carbocycles. The van der Waals surface area contributed by atoms with Gasteiger partial charge in [0.1, 0.15) is 5.75 Å². The van der Waals surface area contributed by atoms with E-state index in [9.17, 15) is 14.7 Å². The first-order valence-corrected chi connectivity index (χ1v) is 6.86. The van der Waals surface area contributed by atoms with Gasteiger partial charge in [0.2, 0.25) is 5.91 Å². The molecule has 1 saturated carbocycles. The van der Waals surface area contributed by atoms with Crippen molar-refractivity contribution in [1.82, 2.24) is 5.32 Å². The van der Waals surface area contributed by atoms with Gasteiger partial charge in [-0.3, -0.25) is 9.59 Å². The highest BCUT2D eigenvalue weighted by atomic mass is 16.4. The first-order chi connectivity index (χ1) is 9.56. The highest BCUT2D eigenvalue weighted by Crippen LogP contribution is 2.24. The monoisotopic (exact) mass is 277 g/mol. The number of carbonyl (C=O) groups excluding carboxylic acids is 1. The van der Waals surface area contributed by atoms with Crippen LogP contribution in [0.5, 0.6) is 5.75 Å². The van der Waals surface area contributed by atoms with Gasteiger partial charge in [-0.05, 0) is 30.5 Å². The Labute approximate surface area is 117 Å². The summed E-state index contributed by atoms with van der Waals surface area (Å²) in [7, 11) is 0. The lowest BCUT2D eigenvalue weighted by molar-refractivity contribution is -0.144. The van der Waals surface area contributed by atoms with Crippen LogP contribution in [-0.2, 0) is 16.0 Å². The first-order valence-electron chi connectivity index (χ1n) is 6.86. The molecule has 0 heterocycles. The molecule has 3 N–H and O–H groups in total. The van der Waals surface area contributed by atoms with Crippen molar-refractivity contribution in [3.8, 4) is 5.75 Å². The number of amides is 1. The van der Waals surface area contributed by atoms with E-state index in [-0.39, 0.29) is 24.1 Å². The van der Waals surface area contributed by atoms with Crippen molar-refractivity contribution in [3.05, 3.63) is 29.8 Å². The summed E-state index contributed by atoms with van der Waals surface area (Å²) in [6.45, 7) is 0. The quantitative estimate of drug-likeness (QED) is 0.781. The van der Waals surface area contributed by atoms with Gasteiger partial charge < -0.3 is 15.5 Å². The molecule has 5 heteroatoms. The number of carbonyl (C=O) groups is 2. The predicted octanol–water partition coefficient (Wildman–Crippen LogP) is 1.69. The fourth-order valence-corrected chi connectivity index (χ4v) is 2.66. The zero-order valence-corrected chi connectivity index (χ0v) is 11.2. The first kappa shape index (κ1) is 14.4. The van der Waals surface area contributed by atoms with Crippen LogP contribution in [-0.4, -0.2) is 28.1 Å². The van der Waals surface area contributed by atoms with E-state index in [1.54, 1.807) is 12.1 Å². The molecule has 0 radical (unpaired) electrons.